The van der Waals surface area contributed by atoms with E-state index in [0.717, 1.165) is 19.3 Å². The van der Waals surface area contributed by atoms with Gasteiger partial charge in [-0.25, -0.2) is 0 Å². The number of nitrogens with one attached hydrogen (secondary N) is 1. The molecule has 0 aliphatic rings. The first kappa shape index (κ1) is 17.7. The monoisotopic (exact) mass is 290 g/mol. The van der Waals surface area contributed by atoms with Gasteiger partial charge in [0.1, 0.15) is 0 Å². The molecule has 21 heavy (non-hydrogen) atoms. The normalized spacial score (nSPS) is 13.8. The number of rotatable bonds is 8. The fourth-order valence-electron chi connectivity index (χ4n) is 2.74. The summed E-state index contributed by atoms with van der Waals surface area (Å²) in [5, 5.41) is 3.12. The number of benzene rings is 1. The van der Waals surface area contributed by atoms with Crippen molar-refractivity contribution in [3.05, 3.63) is 34.9 Å². The molecule has 0 aromatic heterocycles. The molecule has 0 aliphatic carbocycles. The lowest BCUT2D eigenvalue weighted by Crippen LogP contribution is -2.27. The van der Waals surface area contributed by atoms with Gasteiger partial charge in [0.2, 0.25) is 5.91 Å². The summed E-state index contributed by atoms with van der Waals surface area (Å²) in [5.74, 6) is 0.704. The van der Waals surface area contributed by atoms with Gasteiger partial charge in [-0.15, -0.1) is 0 Å². The van der Waals surface area contributed by atoms with E-state index in [1.807, 2.05) is 0 Å². The summed E-state index contributed by atoms with van der Waals surface area (Å²) in [4.78, 5) is 12.1. The summed E-state index contributed by atoms with van der Waals surface area (Å²) in [6.45, 7) is 9.09. The molecule has 0 bridgehead atoms. The van der Waals surface area contributed by atoms with Crippen molar-refractivity contribution in [1.29, 1.82) is 0 Å². The minimum Gasteiger partial charge on any atom is -0.350 e. The second-order valence-electron chi connectivity index (χ2n) is 6.04. The van der Waals surface area contributed by atoms with E-state index < -0.39 is 0 Å². The van der Waals surface area contributed by atoms with Crippen LogP contribution >= 0.6 is 0 Å². The van der Waals surface area contributed by atoms with Crippen LogP contribution in [0.5, 0.6) is 0 Å². The Balaban J connectivity index is 2.52. The van der Waals surface area contributed by atoms with E-state index in [0.29, 0.717) is 18.9 Å². The minimum atomic E-state index is 0.0620. The zero-order valence-corrected chi connectivity index (χ0v) is 13.9. The van der Waals surface area contributed by atoms with E-state index in [1.165, 1.54) is 16.7 Å². The van der Waals surface area contributed by atoms with Crippen molar-refractivity contribution in [2.24, 2.45) is 11.7 Å². The summed E-state index contributed by atoms with van der Waals surface area (Å²) in [7, 11) is 0. The predicted octanol–water partition coefficient (Wildman–Crippen LogP) is 3.64. The molecule has 0 radical (unpaired) electrons. The lowest BCUT2D eigenvalue weighted by Gasteiger charge is -2.18. The molecule has 1 aromatic carbocycles. The van der Waals surface area contributed by atoms with Crippen molar-refractivity contribution < 1.29 is 4.79 Å². The average Bonchev–Trinajstić information content (AvgIpc) is 2.45. The van der Waals surface area contributed by atoms with Crippen molar-refractivity contribution in [2.45, 2.75) is 59.4 Å². The molecule has 0 spiro atoms. The zero-order valence-electron chi connectivity index (χ0n) is 13.9. The summed E-state index contributed by atoms with van der Waals surface area (Å²) in [6, 6.07) is 6.43. The van der Waals surface area contributed by atoms with E-state index in [2.05, 4.69) is 51.2 Å². The smallest absolute Gasteiger partial charge is 0.220 e. The van der Waals surface area contributed by atoms with Crippen molar-refractivity contribution >= 4 is 5.91 Å². The molecule has 1 amide bonds. The van der Waals surface area contributed by atoms with Crippen LogP contribution in [0.25, 0.3) is 0 Å². The van der Waals surface area contributed by atoms with Crippen molar-refractivity contribution in [1.82, 2.24) is 5.32 Å². The van der Waals surface area contributed by atoms with Crippen LogP contribution in [-0.2, 0) is 4.79 Å². The van der Waals surface area contributed by atoms with Crippen LogP contribution in [0.4, 0.5) is 0 Å². The SMILES string of the molecule is CCC(CCN)CCC(=O)NC(C)c1cc(C)ccc1C. The third-order valence-corrected chi connectivity index (χ3v) is 4.21. The van der Waals surface area contributed by atoms with Crippen molar-refractivity contribution in [3.63, 3.8) is 0 Å². The van der Waals surface area contributed by atoms with Gasteiger partial charge >= 0.3 is 0 Å². The summed E-state index contributed by atoms with van der Waals surface area (Å²) < 4.78 is 0. The first-order chi connectivity index (χ1) is 9.97. The molecular weight excluding hydrogens is 260 g/mol. The number of hydrogen-bond acceptors (Lipinski definition) is 2. The lowest BCUT2D eigenvalue weighted by atomic mass is 9.96. The van der Waals surface area contributed by atoms with Crippen molar-refractivity contribution in [2.75, 3.05) is 6.54 Å². The van der Waals surface area contributed by atoms with Gasteiger partial charge < -0.3 is 11.1 Å². The van der Waals surface area contributed by atoms with Gasteiger partial charge in [0, 0.05) is 6.42 Å². The Kier molecular flexibility index (Phi) is 7.44. The largest absolute Gasteiger partial charge is 0.350 e. The zero-order chi connectivity index (χ0) is 15.8. The Bertz CT molecular complexity index is 457. The van der Waals surface area contributed by atoms with Gasteiger partial charge in [-0.05, 0) is 57.2 Å². The predicted molar refractivity (Wildman–Crippen MR) is 89.2 cm³/mol. The molecule has 0 saturated heterocycles. The maximum Gasteiger partial charge on any atom is 0.220 e. The van der Waals surface area contributed by atoms with Gasteiger partial charge in [0.25, 0.3) is 0 Å². The molecule has 2 unspecified atom stereocenters. The van der Waals surface area contributed by atoms with Crippen LogP contribution in [0.15, 0.2) is 18.2 Å². The molecule has 1 aromatic rings. The third-order valence-electron chi connectivity index (χ3n) is 4.21. The second kappa shape index (κ2) is 8.83. The van der Waals surface area contributed by atoms with Crippen LogP contribution in [0.3, 0.4) is 0 Å². The number of nitrogens with two attached hydrogens (primary N) is 1. The number of carbonyl (C=O) groups excluding carboxylic acids is 1. The van der Waals surface area contributed by atoms with Gasteiger partial charge in [0.15, 0.2) is 0 Å². The van der Waals surface area contributed by atoms with Gasteiger partial charge in [0.05, 0.1) is 6.04 Å². The quantitative estimate of drug-likeness (QED) is 0.768. The second-order valence-corrected chi connectivity index (χ2v) is 6.04. The maximum atomic E-state index is 12.1. The Morgan fingerprint density at radius 3 is 2.62 bits per heavy atom. The molecule has 118 valence electrons. The Hall–Kier alpha value is -1.35. The van der Waals surface area contributed by atoms with E-state index in [9.17, 15) is 4.79 Å². The fraction of sp³-hybridized carbons (Fsp3) is 0.611. The first-order valence-corrected chi connectivity index (χ1v) is 8.04. The number of hydrogen-bond donors (Lipinski definition) is 2. The van der Waals surface area contributed by atoms with Crippen LogP contribution in [0.1, 0.15) is 62.3 Å². The standard InChI is InChI=1S/C18H30N2O/c1-5-16(10-11-19)8-9-18(21)20-15(4)17-12-13(2)6-7-14(17)3/h6-7,12,15-16H,5,8-11,19H2,1-4H3,(H,20,21). The maximum absolute atomic E-state index is 12.1. The molecule has 0 saturated carbocycles. The number of aryl methyl sites for hydroxylation is 2. The third kappa shape index (κ3) is 5.88. The van der Waals surface area contributed by atoms with Gasteiger partial charge in [-0.1, -0.05) is 37.1 Å². The fourth-order valence-corrected chi connectivity index (χ4v) is 2.74. The summed E-state index contributed by atoms with van der Waals surface area (Å²) in [6.07, 6.45) is 3.63. The van der Waals surface area contributed by atoms with Gasteiger partial charge in [-0.2, -0.15) is 0 Å². The highest BCUT2D eigenvalue weighted by Gasteiger charge is 2.13. The Morgan fingerprint density at radius 2 is 2.00 bits per heavy atom. The average molecular weight is 290 g/mol. The van der Waals surface area contributed by atoms with Crippen LogP contribution in [0, 0.1) is 19.8 Å². The first-order valence-electron chi connectivity index (χ1n) is 8.04. The molecule has 3 nitrogen and oxygen atoms in total. The van der Waals surface area contributed by atoms with E-state index in [-0.39, 0.29) is 11.9 Å². The highest BCUT2D eigenvalue weighted by molar-refractivity contribution is 5.76. The van der Waals surface area contributed by atoms with Crippen LogP contribution in [0.2, 0.25) is 0 Å². The van der Waals surface area contributed by atoms with E-state index >= 15 is 0 Å². The highest BCUT2D eigenvalue weighted by atomic mass is 16.1. The Labute approximate surface area is 129 Å². The molecule has 3 N–H and O–H groups in total. The molecule has 3 heteroatoms. The summed E-state index contributed by atoms with van der Waals surface area (Å²) in [5.41, 5.74) is 9.26. The highest BCUT2D eigenvalue weighted by Crippen LogP contribution is 2.20. The van der Waals surface area contributed by atoms with E-state index in [1.54, 1.807) is 0 Å². The molecule has 1 rings (SSSR count). The number of amides is 1. The lowest BCUT2D eigenvalue weighted by molar-refractivity contribution is -0.122. The molecule has 0 aliphatic heterocycles. The van der Waals surface area contributed by atoms with Crippen LogP contribution in [-0.4, -0.2) is 12.5 Å². The molecule has 2 atom stereocenters. The topological polar surface area (TPSA) is 55.1 Å². The molecule has 0 heterocycles. The van der Waals surface area contributed by atoms with Crippen molar-refractivity contribution in [3.8, 4) is 0 Å². The Morgan fingerprint density at radius 1 is 1.29 bits per heavy atom. The van der Waals surface area contributed by atoms with E-state index in [4.69, 9.17) is 5.73 Å². The number of carbonyl (C=O) groups is 1. The minimum absolute atomic E-state index is 0.0620. The van der Waals surface area contributed by atoms with Gasteiger partial charge in [-0.3, -0.25) is 4.79 Å². The summed E-state index contributed by atoms with van der Waals surface area (Å²) >= 11 is 0. The molecule has 0 fully saturated rings. The van der Waals surface area contributed by atoms with Crippen LogP contribution < -0.4 is 11.1 Å². The molecular formula is C18H30N2O.